The van der Waals surface area contributed by atoms with Crippen LogP contribution in [0.1, 0.15) is 65.4 Å². The number of nitrogens with zero attached hydrogens (tertiary/aromatic N) is 3. The van der Waals surface area contributed by atoms with E-state index in [0.29, 0.717) is 44.1 Å². The standard InChI is InChI=1S/C42H41F3N4O4S/c1-6-42(44,45)32-14-12-27(17-24(32)2)28-11-13-31(33(43)19-28)29-20-46-37(47-21-29)26-9-7-25(8-10-26)18-34(39(51)49-22-30(23-49)40(52)53)48-38(50)35-15-16-36(54-35)41(3,4)5/h7-17,19-21,30,34H,6,18,22-23H2,1-5H3,(H,48,50)(H,52,53)/t34-/m0/s1. The van der Waals surface area contributed by atoms with Gasteiger partial charge in [-0.05, 0) is 52.8 Å². The number of carboxylic acids is 1. The van der Waals surface area contributed by atoms with Crippen LogP contribution in [0.15, 0.2) is 85.2 Å². The minimum Gasteiger partial charge on any atom is -0.481 e. The van der Waals surface area contributed by atoms with E-state index in [4.69, 9.17) is 0 Å². The molecule has 1 fully saturated rings. The predicted molar refractivity (Wildman–Crippen MR) is 203 cm³/mol. The van der Waals surface area contributed by atoms with Gasteiger partial charge in [-0.3, -0.25) is 14.4 Å². The van der Waals surface area contributed by atoms with E-state index in [-0.39, 0.29) is 48.7 Å². The Morgan fingerprint density at radius 2 is 1.54 bits per heavy atom. The molecule has 1 aliphatic rings. The van der Waals surface area contributed by atoms with Gasteiger partial charge in [0.2, 0.25) is 5.91 Å². The Morgan fingerprint density at radius 3 is 2.11 bits per heavy atom. The second-order valence-electron chi connectivity index (χ2n) is 14.7. The summed E-state index contributed by atoms with van der Waals surface area (Å²) in [5, 5.41) is 12.2. The molecule has 12 heteroatoms. The highest BCUT2D eigenvalue weighted by atomic mass is 32.1. The number of nitrogens with one attached hydrogen (secondary N) is 1. The highest BCUT2D eigenvalue weighted by molar-refractivity contribution is 7.14. The summed E-state index contributed by atoms with van der Waals surface area (Å²) >= 11 is 1.37. The molecule has 2 N–H and O–H groups in total. The summed E-state index contributed by atoms with van der Waals surface area (Å²) in [4.78, 5) is 50.1. The summed E-state index contributed by atoms with van der Waals surface area (Å²) in [6.07, 6.45) is 2.93. The minimum atomic E-state index is -2.93. The zero-order valence-corrected chi connectivity index (χ0v) is 31.4. The maximum Gasteiger partial charge on any atom is 0.310 e. The van der Waals surface area contributed by atoms with E-state index >= 15 is 4.39 Å². The number of aliphatic carboxylic acids is 1. The Bertz CT molecular complexity index is 2190. The molecule has 0 radical (unpaired) electrons. The van der Waals surface area contributed by atoms with Crippen LogP contribution in [0.2, 0.25) is 0 Å². The van der Waals surface area contributed by atoms with Crippen molar-refractivity contribution in [1.82, 2.24) is 20.2 Å². The van der Waals surface area contributed by atoms with Crippen molar-refractivity contribution in [3.8, 4) is 33.6 Å². The van der Waals surface area contributed by atoms with E-state index in [9.17, 15) is 28.3 Å². The number of carbonyl (C=O) groups is 3. The molecule has 1 atom stereocenters. The number of rotatable bonds is 11. The van der Waals surface area contributed by atoms with Gasteiger partial charge in [-0.25, -0.2) is 23.1 Å². The van der Waals surface area contributed by atoms with Gasteiger partial charge in [0, 0.05) is 65.5 Å². The molecular formula is C42H41F3N4O4S. The van der Waals surface area contributed by atoms with E-state index in [0.717, 1.165) is 10.4 Å². The van der Waals surface area contributed by atoms with E-state index in [2.05, 4.69) is 36.1 Å². The van der Waals surface area contributed by atoms with Gasteiger partial charge in [-0.2, -0.15) is 0 Å². The molecule has 280 valence electrons. The number of hydrogen-bond donors (Lipinski definition) is 2. The third-order valence-electron chi connectivity index (χ3n) is 9.70. The summed E-state index contributed by atoms with van der Waals surface area (Å²) in [5.41, 5.74) is 3.65. The third-order valence-corrected chi connectivity index (χ3v) is 11.2. The van der Waals surface area contributed by atoms with Crippen LogP contribution in [0.25, 0.3) is 33.6 Å². The highest BCUT2D eigenvalue weighted by Gasteiger charge is 2.39. The Kier molecular flexibility index (Phi) is 10.8. The number of thiophene rings is 1. The van der Waals surface area contributed by atoms with Gasteiger partial charge in [0.25, 0.3) is 11.8 Å². The summed E-state index contributed by atoms with van der Waals surface area (Å²) in [6.45, 7) is 9.41. The Morgan fingerprint density at radius 1 is 0.907 bits per heavy atom. The summed E-state index contributed by atoms with van der Waals surface area (Å²) in [6, 6.07) is 19.3. The number of carbonyl (C=O) groups excluding carboxylic acids is 2. The number of amides is 2. The van der Waals surface area contributed by atoms with Crippen molar-refractivity contribution in [2.24, 2.45) is 5.92 Å². The Labute approximate surface area is 316 Å². The first-order chi connectivity index (χ1) is 25.5. The maximum atomic E-state index is 15.4. The lowest BCUT2D eigenvalue weighted by Crippen LogP contribution is -2.59. The molecule has 0 bridgehead atoms. The van der Waals surface area contributed by atoms with Gasteiger partial charge in [0.05, 0.1) is 10.8 Å². The maximum absolute atomic E-state index is 15.4. The average Bonchev–Trinajstić information content (AvgIpc) is 3.63. The lowest BCUT2D eigenvalue weighted by Gasteiger charge is -2.38. The van der Waals surface area contributed by atoms with E-state index in [1.54, 1.807) is 49.4 Å². The number of carboxylic acid groups (broad SMARTS) is 1. The molecule has 1 aliphatic heterocycles. The molecule has 3 aromatic carbocycles. The van der Waals surface area contributed by atoms with E-state index < -0.39 is 29.7 Å². The first-order valence-corrected chi connectivity index (χ1v) is 18.5. The van der Waals surface area contributed by atoms with Crippen LogP contribution < -0.4 is 5.32 Å². The van der Waals surface area contributed by atoms with Crippen molar-refractivity contribution in [2.75, 3.05) is 13.1 Å². The molecule has 6 rings (SSSR count). The van der Waals surface area contributed by atoms with E-state index in [1.807, 2.05) is 18.2 Å². The fraction of sp³-hybridized carbons (Fsp3) is 0.310. The van der Waals surface area contributed by atoms with Gasteiger partial charge >= 0.3 is 5.97 Å². The van der Waals surface area contributed by atoms with Crippen molar-refractivity contribution in [3.63, 3.8) is 0 Å². The monoisotopic (exact) mass is 754 g/mol. The lowest BCUT2D eigenvalue weighted by atomic mass is 9.94. The molecule has 54 heavy (non-hydrogen) atoms. The van der Waals surface area contributed by atoms with Crippen molar-refractivity contribution < 1.29 is 32.7 Å². The second-order valence-corrected chi connectivity index (χ2v) is 15.8. The fourth-order valence-corrected chi connectivity index (χ4v) is 7.31. The third kappa shape index (κ3) is 8.23. The first kappa shape index (κ1) is 38.4. The van der Waals surface area contributed by atoms with Crippen LogP contribution >= 0.6 is 11.3 Å². The smallest absolute Gasteiger partial charge is 0.310 e. The molecule has 0 spiro atoms. The zero-order chi connectivity index (χ0) is 38.9. The summed E-state index contributed by atoms with van der Waals surface area (Å²) < 4.78 is 43.9. The number of likely N-dealkylation sites (tertiary alicyclic amines) is 1. The number of aryl methyl sites for hydroxylation is 1. The topological polar surface area (TPSA) is 112 Å². The molecule has 2 amide bonds. The Hall–Kier alpha value is -5.36. The lowest BCUT2D eigenvalue weighted by molar-refractivity contribution is -0.153. The van der Waals surface area contributed by atoms with Gasteiger partial charge in [0.15, 0.2) is 5.82 Å². The van der Waals surface area contributed by atoms with Gasteiger partial charge in [-0.15, -0.1) is 11.3 Å². The Balaban J connectivity index is 1.15. The van der Waals surface area contributed by atoms with E-state index in [1.165, 1.54) is 47.7 Å². The summed E-state index contributed by atoms with van der Waals surface area (Å²) in [5.74, 6) is -5.34. The number of halogens is 3. The first-order valence-electron chi connectivity index (χ1n) is 17.7. The molecule has 8 nitrogen and oxygen atoms in total. The molecule has 0 aliphatic carbocycles. The van der Waals surface area contributed by atoms with Crippen molar-refractivity contribution in [3.05, 3.63) is 117 Å². The molecular weight excluding hydrogens is 714 g/mol. The van der Waals surface area contributed by atoms with Gasteiger partial charge in [-0.1, -0.05) is 82.3 Å². The minimum absolute atomic E-state index is 0.0375. The van der Waals surface area contributed by atoms with Crippen LogP contribution in [-0.2, 0) is 27.3 Å². The molecule has 3 heterocycles. The van der Waals surface area contributed by atoms with Crippen LogP contribution in [-0.4, -0.2) is 56.9 Å². The van der Waals surface area contributed by atoms with Crippen LogP contribution in [0.4, 0.5) is 13.2 Å². The molecule has 0 saturated carbocycles. The predicted octanol–water partition coefficient (Wildman–Crippen LogP) is 8.67. The quantitative estimate of drug-likeness (QED) is 0.140. The largest absolute Gasteiger partial charge is 0.481 e. The van der Waals surface area contributed by atoms with Crippen molar-refractivity contribution in [2.45, 2.75) is 64.8 Å². The summed E-state index contributed by atoms with van der Waals surface area (Å²) in [7, 11) is 0. The molecule has 1 saturated heterocycles. The fourth-order valence-electron chi connectivity index (χ4n) is 6.34. The molecule has 0 unspecified atom stereocenters. The van der Waals surface area contributed by atoms with Crippen LogP contribution in [0, 0.1) is 18.7 Å². The number of alkyl halides is 2. The SMILES string of the molecule is CCC(F)(F)c1ccc(-c2ccc(-c3cnc(-c4ccc(C[C@H](NC(=O)c5ccc(C(C)(C)C)s5)C(=O)N5CC(C(=O)O)C5)cc4)nc3)c(F)c2)cc1C. The number of benzene rings is 3. The van der Waals surface area contributed by atoms with Crippen LogP contribution in [0.5, 0.6) is 0 Å². The van der Waals surface area contributed by atoms with Gasteiger partial charge < -0.3 is 15.3 Å². The zero-order valence-electron chi connectivity index (χ0n) is 30.6. The molecule has 5 aromatic rings. The number of hydrogen-bond acceptors (Lipinski definition) is 6. The van der Waals surface area contributed by atoms with Gasteiger partial charge in [0.1, 0.15) is 11.9 Å². The highest BCUT2D eigenvalue weighted by Crippen LogP contribution is 2.36. The normalized spacial score (nSPS) is 14.0. The van der Waals surface area contributed by atoms with Crippen LogP contribution in [0.3, 0.4) is 0 Å². The number of aromatic nitrogens is 2. The molecule has 2 aromatic heterocycles. The second kappa shape index (κ2) is 15.2. The van der Waals surface area contributed by atoms with Crippen molar-refractivity contribution >= 4 is 29.1 Å². The average molecular weight is 755 g/mol. The van der Waals surface area contributed by atoms with Crippen molar-refractivity contribution in [1.29, 1.82) is 0 Å².